The highest BCUT2D eigenvalue weighted by Gasteiger charge is 2.00. The molecule has 0 heterocycles. The summed E-state index contributed by atoms with van der Waals surface area (Å²) in [7, 11) is -1.74. The van der Waals surface area contributed by atoms with Crippen molar-refractivity contribution in [3.8, 4) is 0 Å². The molecule has 4 heteroatoms. The Kier molecular flexibility index (Phi) is 7.86. The van der Waals surface area contributed by atoms with Crippen molar-refractivity contribution in [1.29, 1.82) is 0 Å². The van der Waals surface area contributed by atoms with Gasteiger partial charge in [0.15, 0.2) is 8.87 Å². The minimum atomic E-state index is -2.80. The first kappa shape index (κ1) is 13.3. The number of unbranched alkanes of at least 4 members (excludes halogenated alkanes) is 5. The molecule has 0 saturated heterocycles. The Bertz CT molecular complexity index is 198. The highest BCUT2D eigenvalue weighted by molar-refractivity contribution is 8.71. The monoisotopic (exact) mass is 224 g/mol. The molecule has 0 rings (SSSR count). The fraction of sp³-hybridized carbons (Fsp3) is 1.00. The smallest absolute Gasteiger partial charge is 0.198 e. The van der Waals surface area contributed by atoms with E-state index in [1.807, 2.05) is 0 Å². The summed E-state index contributed by atoms with van der Waals surface area (Å²) in [6, 6.07) is 0. The lowest BCUT2D eigenvalue weighted by molar-refractivity contribution is 0.614. The van der Waals surface area contributed by atoms with Gasteiger partial charge in [0.05, 0.1) is 0 Å². The van der Waals surface area contributed by atoms with E-state index in [9.17, 15) is 8.42 Å². The maximum atomic E-state index is 10.7. The van der Waals surface area contributed by atoms with Gasteiger partial charge in [0.1, 0.15) is 0 Å². The molecule has 0 aliphatic heterocycles. The molecule has 0 aromatic carbocycles. The summed E-state index contributed by atoms with van der Waals surface area (Å²) in [4.78, 5) is 0. The second-order valence-corrected chi connectivity index (χ2v) is 7.87. The number of hydrogen-bond donors (Lipinski definition) is 0. The quantitative estimate of drug-likeness (QED) is 0.469. The third-order valence-electron chi connectivity index (χ3n) is 1.80. The SMILES string of the molecule is CCCCCCCCSS(C)(=O)=O. The van der Waals surface area contributed by atoms with Gasteiger partial charge in [-0.05, 0) is 17.2 Å². The zero-order valence-corrected chi connectivity index (χ0v) is 10.2. The van der Waals surface area contributed by atoms with Gasteiger partial charge < -0.3 is 0 Å². The normalized spacial score (nSPS) is 11.8. The molecular formula is C9H20O2S2. The Hall–Kier alpha value is 0.300. The molecule has 0 aromatic rings. The maximum absolute atomic E-state index is 10.7. The number of rotatable bonds is 8. The van der Waals surface area contributed by atoms with Crippen LogP contribution in [0.2, 0.25) is 0 Å². The zero-order valence-electron chi connectivity index (χ0n) is 8.58. The van der Waals surface area contributed by atoms with Gasteiger partial charge >= 0.3 is 0 Å². The topological polar surface area (TPSA) is 34.1 Å². The van der Waals surface area contributed by atoms with Crippen LogP contribution in [0.3, 0.4) is 0 Å². The van der Waals surface area contributed by atoms with Crippen LogP contribution in [0.4, 0.5) is 0 Å². The Balaban J connectivity index is 3.09. The molecule has 0 amide bonds. The molecule has 0 atom stereocenters. The van der Waals surface area contributed by atoms with E-state index in [0.717, 1.165) is 23.0 Å². The Morgan fingerprint density at radius 1 is 1.00 bits per heavy atom. The van der Waals surface area contributed by atoms with Crippen LogP contribution in [-0.2, 0) is 8.87 Å². The van der Waals surface area contributed by atoms with Crippen LogP contribution in [0.25, 0.3) is 0 Å². The molecule has 80 valence electrons. The van der Waals surface area contributed by atoms with Gasteiger partial charge in [-0.15, -0.1) is 0 Å². The first-order chi connectivity index (χ1) is 6.06. The second kappa shape index (κ2) is 7.68. The molecule has 0 aliphatic rings. The summed E-state index contributed by atoms with van der Waals surface area (Å²) in [6.07, 6.45) is 8.58. The van der Waals surface area contributed by atoms with Crippen molar-refractivity contribution in [1.82, 2.24) is 0 Å². The van der Waals surface area contributed by atoms with E-state index in [1.54, 1.807) is 0 Å². The third kappa shape index (κ3) is 12.3. The fourth-order valence-electron chi connectivity index (χ4n) is 1.09. The third-order valence-corrected chi connectivity index (χ3v) is 4.46. The average Bonchev–Trinajstić information content (AvgIpc) is 2.01. The lowest BCUT2D eigenvalue weighted by atomic mass is 10.1. The van der Waals surface area contributed by atoms with Crippen molar-refractivity contribution in [2.75, 3.05) is 12.0 Å². The van der Waals surface area contributed by atoms with Crippen LogP contribution in [0, 0.1) is 0 Å². The van der Waals surface area contributed by atoms with Crippen molar-refractivity contribution in [2.45, 2.75) is 45.4 Å². The summed E-state index contributed by atoms with van der Waals surface area (Å²) < 4.78 is 21.5. The van der Waals surface area contributed by atoms with Crippen molar-refractivity contribution >= 4 is 19.7 Å². The second-order valence-electron chi connectivity index (χ2n) is 3.29. The molecule has 0 N–H and O–H groups in total. The molecule has 0 radical (unpaired) electrons. The Morgan fingerprint density at radius 3 is 2.08 bits per heavy atom. The van der Waals surface area contributed by atoms with Crippen molar-refractivity contribution in [3.05, 3.63) is 0 Å². The minimum Gasteiger partial charge on any atom is -0.218 e. The molecule has 13 heavy (non-hydrogen) atoms. The molecule has 0 unspecified atom stereocenters. The molecule has 0 fully saturated rings. The van der Waals surface area contributed by atoms with Gasteiger partial charge in [-0.1, -0.05) is 39.0 Å². The van der Waals surface area contributed by atoms with E-state index in [1.165, 1.54) is 38.4 Å². The fourth-order valence-corrected chi connectivity index (χ4v) is 2.98. The lowest BCUT2D eigenvalue weighted by Gasteiger charge is -1.99. The van der Waals surface area contributed by atoms with Crippen LogP contribution in [-0.4, -0.2) is 20.4 Å². The van der Waals surface area contributed by atoms with Gasteiger partial charge in [-0.25, -0.2) is 8.42 Å². The highest BCUT2D eigenvalue weighted by Crippen LogP contribution is 2.13. The highest BCUT2D eigenvalue weighted by atomic mass is 33.1. The molecule has 0 aromatic heterocycles. The van der Waals surface area contributed by atoms with Crippen molar-refractivity contribution in [3.63, 3.8) is 0 Å². The van der Waals surface area contributed by atoms with Crippen LogP contribution in [0.5, 0.6) is 0 Å². The van der Waals surface area contributed by atoms with E-state index >= 15 is 0 Å². The zero-order chi connectivity index (χ0) is 10.2. The van der Waals surface area contributed by atoms with Crippen LogP contribution >= 0.6 is 10.8 Å². The molecule has 0 saturated carbocycles. The summed E-state index contributed by atoms with van der Waals surface area (Å²) in [6.45, 7) is 2.19. The molecule has 0 bridgehead atoms. The first-order valence-corrected chi connectivity index (χ1v) is 8.30. The largest absolute Gasteiger partial charge is 0.218 e. The van der Waals surface area contributed by atoms with E-state index in [-0.39, 0.29) is 0 Å². The summed E-state index contributed by atoms with van der Waals surface area (Å²) in [5.74, 6) is 0.755. The molecule has 0 spiro atoms. The summed E-state index contributed by atoms with van der Waals surface area (Å²) in [5.41, 5.74) is 0. The first-order valence-electron chi connectivity index (χ1n) is 4.90. The van der Waals surface area contributed by atoms with Crippen LogP contribution < -0.4 is 0 Å². The van der Waals surface area contributed by atoms with Crippen molar-refractivity contribution < 1.29 is 8.42 Å². The standard InChI is InChI=1S/C9H20O2S2/c1-3-4-5-6-7-8-9-12-13(2,10)11/h3-9H2,1-2H3. The van der Waals surface area contributed by atoms with Crippen LogP contribution in [0.15, 0.2) is 0 Å². The predicted molar refractivity (Wildman–Crippen MR) is 60.7 cm³/mol. The predicted octanol–water partition coefficient (Wildman–Crippen LogP) is 3.04. The maximum Gasteiger partial charge on any atom is 0.198 e. The van der Waals surface area contributed by atoms with E-state index in [4.69, 9.17) is 0 Å². The van der Waals surface area contributed by atoms with Gasteiger partial charge in [0.2, 0.25) is 0 Å². The Morgan fingerprint density at radius 2 is 1.54 bits per heavy atom. The summed E-state index contributed by atoms with van der Waals surface area (Å²) >= 11 is 0. The van der Waals surface area contributed by atoms with Gasteiger partial charge in [0.25, 0.3) is 0 Å². The molecule has 0 aliphatic carbocycles. The lowest BCUT2D eigenvalue weighted by Crippen LogP contribution is -1.91. The van der Waals surface area contributed by atoms with Gasteiger partial charge in [0, 0.05) is 12.0 Å². The van der Waals surface area contributed by atoms with Gasteiger partial charge in [-0.2, -0.15) is 0 Å². The van der Waals surface area contributed by atoms with Gasteiger partial charge in [-0.3, -0.25) is 0 Å². The van der Waals surface area contributed by atoms with Crippen LogP contribution in [0.1, 0.15) is 45.4 Å². The van der Waals surface area contributed by atoms with Crippen molar-refractivity contribution in [2.24, 2.45) is 0 Å². The summed E-state index contributed by atoms with van der Waals surface area (Å²) in [5, 5.41) is 0. The minimum absolute atomic E-state index is 0.755. The molecule has 2 nitrogen and oxygen atoms in total. The average molecular weight is 224 g/mol. The molecular weight excluding hydrogens is 204 g/mol. The van der Waals surface area contributed by atoms with E-state index < -0.39 is 8.87 Å². The Labute approximate surface area is 85.8 Å². The van der Waals surface area contributed by atoms with E-state index in [0.29, 0.717) is 0 Å². The van der Waals surface area contributed by atoms with E-state index in [2.05, 4.69) is 6.92 Å². The number of hydrogen-bond acceptors (Lipinski definition) is 3.